The molecule has 2 aromatic carbocycles. The second-order valence-corrected chi connectivity index (χ2v) is 6.10. The summed E-state index contributed by atoms with van der Waals surface area (Å²) in [6.07, 6.45) is 0. The van der Waals surface area contributed by atoms with Gasteiger partial charge in [-0.25, -0.2) is 0 Å². The lowest BCUT2D eigenvalue weighted by Crippen LogP contribution is -2.15. The van der Waals surface area contributed by atoms with Gasteiger partial charge in [-0.15, -0.1) is 0 Å². The van der Waals surface area contributed by atoms with Gasteiger partial charge in [0, 0.05) is 22.6 Å². The van der Waals surface area contributed by atoms with Crippen molar-refractivity contribution in [3.8, 4) is 5.75 Å². The van der Waals surface area contributed by atoms with Crippen LogP contribution in [0, 0.1) is 13.8 Å². The molecule has 3 N–H and O–H groups in total. The number of H-pyrrole nitrogens is 1. The van der Waals surface area contributed by atoms with Gasteiger partial charge in [-0.05, 0) is 66.8 Å². The second kappa shape index (κ2) is 5.97. The first-order valence-corrected chi connectivity index (χ1v) is 7.67. The number of benzene rings is 2. The number of hydrogen-bond donors (Lipinski definition) is 3. The van der Waals surface area contributed by atoms with E-state index in [9.17, 15) is 9.90 Å². The van der Waals surface area contributed by atoms with E-state index in [0.29, 0.717) is 22.8 Å². The average molecular weight is 329 g/mol. The third-order valence-corrected chi connectivity index (χ3v) is 4.20. The Morgan fingerprint density at radius 3 is 2.65 bits per heavy atom. The highest BCUT2D eigenvalue weighted by Gasteiger charge is 2.07. The molecule has 0 spiro atoms. The zero-order valence-electron chi connectivity index (χ0n) is 12.9. The molecule has 5 heteroatoms. The molecule has 1 heterocycles. The van der Waals surface area contributed by atoms with E-state index in [-0.39, 0.29) is 11.3 Å². The summed E-state index contributed by atoms with van der Waals surface area (Å²) in [5, 5.41) is 14.4. The van der Waals surface area contributed by atoms with Crippen LogP contribution in [0.2, 0.25) is 5.02 Å². The number of fused-ring (bicyclic) bond motifs is 1. The average Bonchev–Trinajstić information content (AvgIpc) is 2.50. The molecule has 0 aliphatic carbocycles. The van der Waals surface area contributed by atoms with Gasteiger partial charge < -0.3 is 15.4 Å². The summed E-state index contributed by atoms with van der Waals surface area (Å²) in [5.74, 6) is 0.0955. The van der Waals surface area contributed by atoms with Gasteiger partial charge in [0.25, 0.3) is 5.56 Å². The van der Waals surface area contributed by atoms with Crippen LogP contribution in [0.15, 0.2) is 41.2 Å². The molecule has 0 saturated heterocycles. The van der Waals surface area contributed by atoms with Crippen LogP contribution in [0.5, 0.6) is 5.75 Å². The summed E-state index contributed by atoms with van der Waals surface area (Å²) in [4.78, 5) is 15.1. The van der Waals surface area contributed by atoms with E-state index in [0.717, 1.165) is 16.5 Å². The number of anilines is 1. The lowest BCUT2D eigenvalue weighted by atomic mass is 10.0. The quantitative estimate of drug-likeness (QED) is 0.634. The number of halogens is 1. The maximum atomic E-state index is 12.2. The Kier molecular flexibility index (Phi) is 4.01. The van der Waals surface area contributed by atoms with Gasteiger partial charge in [0.1, 0.15) is 5.75 Å². The monoisotopic (exact) mass is 328 g/mol. The molecular weight excluding hydrogens is 312 g/mol. The van der Waals surface area contributed by atoms with E-state index >= 15 is 0 Å². The van der Waals surface area contributed by atoms with Gasteiger partial charge in [-0.2, -0.15) is 0 Å². The van der Waals surface area contributed by atoms with E-state index in [1.165, 1.54) is 11.6 Å². The van der Waals surface area contributed by atoms with Crippen LogP contribution < -0.4 is 10.9 Å². The molecule has 0 aliphatic rings. The van der Waals surface area contributed by atoms with E-state index in [1.807, 2.05) is 26.0 Å². The number of hydrogen-bond acceptors (Lipinski definition) is 3. The van der Waals surface area contributed by atoms with Crippen LogP contribution in [0.1, 0.15) is 16.7 Å². The first-order chi connectivity index (χ1) is 10.9. The lowest BCUT2D eigenvalue weighted by Gasteiger charge is -2.10. The number of aryl methyl sites for hydroxylation is 2. The molecule has 0 radical (unpaired) electrons. The number of phenols is 1. The third-order valence-electron chi connectivity index (χ3n) is 3.96. The van der Waals surface area contributed by atoms with Crippen molar-refractivity contribution in [2.75, 3.05) is 5.32 Å². The fourth-order valence-corrected chi connectivity index (χ4v) is 2.67. The number of aromatic amines is 1. The van der Waals surface area contributed by atoms with Crippen molar-refractivity contribution >= 4 is 28.2 Å². The Hall–Kier alpha value is -2.46. The van der Waals surface area contributed by atoms with E-state index < -0.39 is 0 Å². The van der Waals surface area contributed by atoms with Gasteiger partial charge in [-0.1, -0.05) is 11.6 Å². The molecule has 1 aromatic heterocycles. The molecule has 0 aliphatic heterocycles. The number of rotatable bonds is 3. The molecule has 0 amide bonds. The number of aromatic hydroxyl groups is 1. The molecule has 0 atom stereocenters. The highest BCUT2D eigenvalue weighted by Crippen LogP contribution is 2.27. The topological polar surface area (TPSA) is 65.1 Å². The molecule has 23 heavy (non-hydrogen) atoms. The fourth-order valence-electron chi connectivity index (χ4n) is 2.49. The van der Waals surface area contributed by atoms with Crippen molar-refractivity contribution in [1.29, 1.82) is 0 Å². The van der Waals surface area contributed by atoms with Crippen molar-refractivity contribution in [1.82, 2.24) is 4.98 Å². The molecule has 0 unspecified atom stereocenters. The minimum Gasteiger partial charge on any atom is -0.506 e. The second-order valence-electron chi connectivity index (χ2n) is 5.66. The summed E-state index contributed by atoms with van der Waals surface area (Å²) in [5.41, 5.74) is 4.10. The van der Waals surface area contributed by atoms with E-state index in [2.05, 4.69) is 16.4 Å². The number of pyridine rings is 1. The molecule has 4 nitrogen and oxygen atoms in total. The van der Waals surface area contributed by atoms with Crippen LogP contribution >= 0.6 is 11.6 Å². The summed E-state index contributed by atoms with van der Waals surface area (Å²) in [6.45, 7) is 4.36. The molecule has 0 saturated carbocycles. The molecular formula is C18H17ClN2O2. The minimum atomic E-state index is -0.144. The van der Waals surface area contributed by atoms with E-state index in [1.54, 1.807) is 12.1 Å². The highest BCUT2D eigenvalue weighted by atomic mass is 35.5. The van der Waals surface area contributed by atoms with Crippen molar-refractivity contribution in [2.24, 2.45) is 0 Å². The maximum Gasteiger partial charge on any atom is 0.253 e. The smallest absolute Gasteiger partial charge is 0.253 e. The Morgan fingerprint density at radius 1 is 1.13 bits per heavy atom. The van der Waals surface area contributed by atoms with Crippen LogP contribution in [0.4, 0.5) is 5.69 Å². The molecule has 3 aromatic rings. The predicted octanol–water partition coefficient (Wildman–Crippen LogP) is 4.12. The SMILES string of the molecule is Cc1cc2cc(CNc3cc(Cl)ccc3O)c(=O)[nH]c2cc1C. The van der Waals surface area contributed by atoms with Gasteiger partial charge in [-0.3, -0.25) is 4.79 Å². The highest BCUT2D eigenvalue weighted by molar-refractivity contribution is 6.30. The van der Waals surface area contributed by atoms with Crippen LogP contribution in [-0.4, -0.2) is 10.1 Å². The van der Waals surface area contributed by atoms with E-state index in [4.69, 9.17) is 11.6 Å². The molecule has 0 bridgehead atoms. The van der Waals surface area contributed by atoms with Gasteiger partial charge >= 0.3 is 0 Å². The number of phenolic OH excluding ortho intramolecular Hbond substituents is 1. The van der Waals surface area contributed by atoms with Crippen molar-refractivity contribution in [3.63, 3.8) is 0 Å². The molecule has 118 valence electrons. The number of aromatic nitrogens is 1. The van der Waals surface area contributed by atoms with Crippen LogP contribution in [-0.2, 0) is 6.54 Å². The van der Waals surface area contributed by atoms with Crippen LogP contribution in [0.3, 0.4) is 0 Å². The Balaban J connectivity index is 1.94. The summed E-state index contributed by atoms with van der Waals surface area (Å²) in [6, 6.07) is 10.7. The lowest BCUT2D eigenvalue weighted by molar-refractivity contribution is 0.477. The maximum absolute atomic E-state index is 12.2. The van der Waals surface area contributed by atoms with Gasteiger partial charge in [0.2, 0.25) is 0 Å². The van der Waals surface area contributed by atoms with Crippen molar-refractivity contribution in [3.05, 3.63) is 68.5 Å². The minimum absolute atomic E-state index is 0.0955. The van der Waals surface area contributed by atoms with Crippen LogP contribution in [0.25, 0.3) is 10.9 Å². The predicted molar refractivity (Wildman–Crippen MR) is 94.5 cm³/mol. The first-order valence-electron chi connectivity index (χ1n) is 7.29. The summed E-state index contributed by atoms with van der Waals surface area (Å²) in [7, 11) is 0. The van der Waals surface area contributed by atoms with Gasteiger partial charge in [0.15, 0.2) is 0 Å². The number of nitrogens with one attached hydrogen (secondary N) is 2. The molecule has 3 rings (SSSR count). The Labute approximate surface area is 138 Å². The standard InChI is InChI=1S/C18H17ClN2O2/c1-10-5-12-7-13(18(23)21-15(12)6-11(10)2)9-20-16-8-14(19)3-4-17(16)22/h3-8,20,22H,9H2,1-2H3,(H,21,23). The summed E-state index contributed by atoms with van der Waals surface area (Å²) < 4.78 is 0. The Bertz CT molecular complexity index is 948. The largest absolute Gasteiger partial charge is 0.506 e. The zero-order valence-corrected chi connectivity index (χ0v) is 13.7. The normalized spacial score (nSPS) is 10.9. The van der Waals surface area contributed by atoms with Crippen molar-refractivity contribution in [2.45, 2.75) is 20.4 Å². The zero-order chi connectivity index (χ0) is 16.6. The van der Waals surface area contributed by atoms with Gasteiger partial charge in [0.05, 0.1) is 5.69 Å². The molecule has 0 fully saturated rings. The van der Waals surface area contributed by atoms with Crippen molar-refractivity contribution < 1.29 is 5.11 Å². The summed E-state index contributed by atoms with van der Waals surface area (Å²) >= 11 is 5.92. The Morgan fingerprint density at radius 2 is 1.87 bits per heavy atom. The first kappa shape index (κ1) is 15.4. The fraction of sp³-hybridized carbons (Fsp3) is 0.167. The third kappa shape index (κ3) is 3.17.